The van der Waals surface area contributed by atoms with E-state index in [-0.39, 0.29) is 10.8 Å². The fourth-order valence-electron chi connectivity index (χ4n) is 2.85. The first-order valence-corrected chi connectivity index (χ1v) is 4.98. The summed E-state index contributed by atoms with van der Waals surface area (Å²) in [5.74, 6) is 1.04. The normalized spacial score (nSPS) is 44.2. The number of aliphatic hydroxyl groups is 1. The first kappa shape index (κ1) is 8.49. The highest BCUT2D eigenvalue weighted by atomic mass is 32.1. The maximum atomic E-state index is 9.89. The highest BCUT2D eigenvalue weighted by molar-refractivity contribution is 7.84. The molecule has 1 N–H and O–H groups in total. The van der Waals surface area contributed by atoms with Gasteiger partial charge in [-0.15, -0.1) is 12.6 Å². The molecular weight excluding hydrogens is 168 g/mol. The van der Waals surface area contributed by atoms with Crippen LogP contribution in [0.1, 0.15) is 33.6 Å². The molecule has 0 spiro atoms. The van der Waals surface area contributed by atoms with E-state index in [0.717, 1.165) is 11.3 Å². The van der Waals surface area contributed by atoms with Gasteiger partial charge in [0.25, 0.3) is 0 Å². The van der Waals surface area contributed by atoms with Crippen LogP contribution in [0.15, 0.2) is 10.7 Å². The van der Waals surface area contributed by atoms with Crippen LogP contribution in [0.25, 0.3) is 0 Å². The Bertz CT molecular complexity index is 267. The SMILES string of the molecule is CC1(C)[C@H]2CC[C@@]1(C)C(O)=C2S. The zero-order chi connectivity index (χ0) is 9.15. The molecule has 12 heavy (non-hydrogen) atoms. The van der Waals surface area contributed by atoms with Gasteiger partial charge < -0.3 is 5.11 Å². The number of thiol groups is 1. The summed E-state index contributed by atoms with van der Waals surface area (Å²) in [6.07, 6.45) is 2.30. The van der Waals surface area contributed by atoms with Gasteiger partial charge in [0.05, 0.1) is 0 Å². The number of fused-ring (bicyclic) bond motifs is 2. The van der Waals surface area contributed by atoms with Crippen LogP contribution in [0, 0.1) is 16.7 Å². The monoisotopic (exact) mass is 184 g/mol. The Balaban J connectivity index is 2.56. The molecule has 0 aromatic carbocycles. The average Bonchev–Trinajstić information content (AvgIpc) is 2.26. The molecule has 0 heterocycles. The molecular formula is C10H16OS. The standard InChI is InChI=1S/C10H16OS/c1-9(2)6-4-5-10(9,3)8(11)7(6)12/h6,11-12H,4-5H2,1-3H3/t6-,10-/m0/s1. The lowest BCUT2D eigenvalue weighted by Gasteiger charge is -2.34. The van der Waals surface area contributed by atoms with Gasteiger partial charge in [-0.2, -0.15) is 0 Å². The predicted molar refractivity (Wildman–Crippen MR) is 53.3 cm³/mol. The minimum Gasteiger partial charge on any atom is -0.511 e. The molecule has 2 heteroatoms. The third kappa shape index (κ3) is 0.642. The molecule has 1 nitrogen and oxygen atoms in total. The summed E-state index contributed by atoms with van der Waals surface area (Å²) in [6, 6.07) is 0. The Hall–Kier alpha value is -0.110. The van der Waals surface area contributed by atoms with E-state index in [2.05, 4.69) is 33.4 Å². The Kier molecular flexibility index (Phi) is 1.44. The zero-order valence-corrected chi connectivity index (χ0v) is 8.78. The molecule has 0 radical (unpaired) electrons. The second-order valence-electron chi connectivity index (χ2n) is 4.88. The fourth-order valence-corrected chi connectivity index (χ4v) is 3.55. The van der Waals surface area contributed by atoms with E-state index >= 15 is 0 Å². The molecule has 0 amide bonds. The van der Waals surface area contributed by atoms with Gasteiger partial charge in [-0.1, -0.05) is 20.8 Å². The molecule has 0 aliphatic heterocycles. The summed E-state index contributed by atoms with van der Waals surface area (Å²) in [5.41, 5.74) is 0.197. The first-order chi connectivity index (χ1) is 5.41. The lowest BCUT2D eigenvalue weighted by atomic mass is 9.70. The van der Waals surface area contributed by atoms with E-state index in [1.807, 2.05) is 0 Å². The van der Waals surface area contributed by atoms with Crippen molar-refractivity contribution >= 4 is 12.6 Å². The van der Waals surface area contributed by atoms with Crippen molar-refractivity contribution < 1.29 is 5.11 Å². The topological polar surface area (TPSA) is 20.2 Å². The molecule has 0 unspecified atom stereocenters. The quantitative estimate of drug-likeness (QED) is 0.554. The maximum absolute atomic E-state index is 9.89. The second-order valence-corrected chi connectivity index (χ2v) is 5.36. The van der Waals surface area contributed by atoms with Crippen LogP contribution in [0.3, 0.4) is 0 Å². The van der Waals surface area contributed by atoms with Crippen LogP contribution in [0.4, 0.5) is 0 Å². The van der Waals surface area contributed by atoms with Crippen molar-refractivity contribution in [3.63, 3.8) is 0 Å². The number of rotatable bonds is 0. The van der Waals surface area contributed by atoms with Gasteiger partial charge in [0.2, 0.25) is 0 Å². The van der Waals surface area contributed by atoms with Gasteiger partial charge in [-0.3, -0.25) is 0 Å². The van der Waals surface area contributed by atoms with Gasteiger partial charge in [-0.25, -0.2) is 0 Å². The van der Waals surface area contributed by atoms with Crippen molar-refractivity contribution in [3.8, 4) is 0 Å². The van der Waals surface area contributed by atoms with Crippen LogP contribution in [0.5, 0.6) is 0 Å². The number of aliphatic hydroxyl groups excluding tert-OH is 1. The van der Waals surface area contributed by atoms with Crippen LogP contribution in [0.2, 0.25) is 0 Å². The van der Waals surface area contributed by atoms with Gasteiger partial charge >= 0.3 is 0 Å². The van der Waals surface area contributed by atoms with E-state index in [9.17, 15) is 5.11 Å². The summed E-state index contributed by atoms with van der Waals surface area (Å²) in [7, 11) is 0. The Morgan fingerprint density at radius 2 is 2.00 bits per heavy atom. The van der Waals surface area contributed by atoms with Crippen LogP contribution < -0.4 is 0 Å². The molecule has 2 atom stereocenters. The molecule has 0 aromatic rings. The summed E-state index contributed by atoms with van der Waals surface area (Å²) in [5, 5.41) is 9.89. The summed E-state index contributed by atoms with van der Waals surface area (Å²) >= 11 is 4.39. The van der Waals surface area contributed by atoms with Gasteiger partial charge in [0.15, 0.2) is 0 Å². The molecule has 2 aliphatic carbocycles. The maximum Gasteiger partial charge on any atom is 0.108 e. The van der Waals surface area contributed by atoms with E-state index in [1.165, 1.54) is 6.42 Å². The largest absolute Gasteiger partial charge is 0.511 e. The average molecular weight is 184 g/mol. The van der Waals surface area contributed by atoms with Gasteiger partial charge in [0.1, 0.15) is 5.76 Å². The zero-order valence-electron chi connectivity index (χ0n) is 7.89. The molecule has 0 saturated heterocycles. The fraction of sp³-hybridized carbons (Fsp3) is 0.800. The predicted octanol–water partition coefficient (Wildman–Crippen LogP) is 3.14. The van der Waals surface area contributed by atoms with E-state index in [4.69, 9.17) is 0 Å². The summed E-state index contributed by atoms with van der Waals surface area (Å²) in [4.78, 5) is 0.939. The van der Waals surface area contributed by atoms with Crippen molar-refractivity contribution in [3.05, 3.63) is 10.7 Å². The van der Waals surface area contributed by atoms with Crippen LogP contribution in [-0.2, 0) is 0 Å². The number of hydrogen-bond acceptors (Lipinski definition) is 2. The Morgan fingerprint density at radius 1 is 1.42 bits per heavy atom. The van der Waals surface area contributed by atoms with E-state index in [0.29, 0.717) is 11.7 Å². The first-order valence-electron chi connectivity index (χ1n) is 4.54. The third-order valence-corrected chi connectivity index (χ3v) is 4.85. The third-order valence-electron chi connectivity index (χ3n) is 4.32. The highest BCUT2D eigenvalue weighted by Crippen LogP contribution is 2.67. The molecule has 2 bridgehead atoms. The minimum atomic E-state index is -0.00521. The van der Waals surface area contributed by atoms with Crippen molar-refractivity contribution in [1.29, 1.82) is 0 Å². The molecule has 0 aromatic heterocycles. The van der Waals surface area contributed by atoms with Crippen molar-refractivity contribution in [1.82, 2.24) is 0 Å². The van der Waals surface area contributed by atoms with Crippen LogP contribution >= 0.6 is 12.6 Å². The summed E-state index contributed by atoms with van der Waals surface area (Å²) < 4.78 is 0. The molecule has 2 rings (SSSR count). The second kappa shape index (κ2) is 2.03. The highest BCUT2D eigenvalue weighted by Gasteiger charge is 2.60. The Morgan fingerprint density at radius 3 is 2.25 bits per heavy atom. The summed E-state index contributed by atoms with van der Waals surface area (Å²) in [6.45, 7) is 6.64. The number of hydrogen-bond donors (Lipinski definition) is 2. The van der Waals surface area contributed by atoms with E-state index < -0.39 is 0 Å². The van der Waals surface area contributed by atoms with Gasteiger partial charge in [-0.05, 0) is 24.2 Å². The lowest BCUT2D eigenvalue weighted by Crippen LogP contribution is -2.29. The van der Waals surface area contributed by atoms with Gasteiger partial charge in [0, 0.05) is 10.3 Å². The minimum absolute atomic E-state index is 0.00521. The Labute approximate surface area is 79.3 Å². The van der Waals surface area contributed by atoms with Crippen molar-refractivity contribution in [2.24, 2.45) is 16.7 Å². The van der Waals surface area contributed by atoms with Crippen molar-refractivity contribution in [2.45, 2.75) is 33.6 Å². The molecule has 1 fully saturated rings. The smallest absolute Gasteiger partial charge is 0.108 e. The van der Waals surface area contributed by atoms with Crippen molar-refractivity contribution in [2.75, 3.05) is 0 Å². The van der Waals surface area contributed by atoms with Crippen LogP contribution in [-0.4, -0.2) is 5.11 Å². The molecule has 68 valence electrons. The molecule has 2 aliphatic rings. The molecule has 1 saturated carbocycles. The van der Waals surface area contributed by atoms with E-state index in [1.54, 1.807) is 0 Å². The lowest BCUT2D eigenvalue weighted by molar-refractivity contribution is 0.123. The number of allylic oxidation sites excluding steroid dienone is 2.